The summed E-state index contributed by atoms with van der Waals surface area (Å²) in [5.74, 6) is 6.73. The highest BCUT2D eigenvalue weighted by Crippen LogP contribution is 2.29. The molecule has 0 amide bonds. The van der Waals surface area contributed by atoms with E-state index in [1.165, 1.54) is 0 Å². The Morgan fingerprint density at radius 3 is 1.77 bits per heavy atom. The molecule has 0 unspecified atom stereocenters. The van der Waals surface area contributed by atoms with Gasteiger partial charge in [0.25, 0.3) is 0 Å². The van der Waals surface area contributed by atoms with Gasteiger partial charge in [0, 0.05) is 18.0 Å². The minimum atomic E-state index is 0.210. The molecular formula is C28H19N3. The molecule has 31 heavy (non-hydrogen) atoms. The summed E-state index contributed by atoms with van der Waals surface area (Å²) in [5.41, 5.74) is 6.48. The molecular weight excluding hydrogens is 378 g/mol. The second kappa shape index (κ2) is 8.61. The van der Waals surface area contributed by atoms with Gasteiger partial charge >= 0.3 is 0 Å². The molecule has 3 aromatic heterocycles. The first kappa shape index (κ1) is 18.7. The minimum absolute atomic E-state index is 0.210. The van der Waals surface area contributed by atoms with Crippen LogP contribution < -0.4 is 0 Å². The summed E-state index contributed by atoms with van der Waals surface area (Å²) in [6, 6.07) is 24.2. The zero-order chi connectivity index (χ0) is 20.9. The highest BCUT2D eigenvalue weighted by molar-refractivity contribution is 5.75. The van der Waals surface area contributed by atoms with Gasteiger partial charge in [-0.15, -0.1) is 0 Å². The van der Waals surface area contributed by atoms with Gasteiger partial charge in [0.2, 0.25) is 0 Å². The van der Waals surface area contributed by atoms with E-state index in [-0.39, 0.29) is 5.92 Å². The molecule has 0 bridgehead atoms. The molecule has 0 aliphatic heterocycles. The maximum atomic E-state index is 4.83. The lowest BCUT2D eigenvalue weighted by Gasteiger charge is -2.09. The summed E-state index contributed by atoms with van der Waals surface area (Å²) in [6.45, 7) is 0. The fourth-order valence-electron chi connectivity index (χ4n) is 3.43. The van der Waals surface area contributed by atoms with E-state index in [1.54, 1.807) is 12.4 Å². The Morgan fingerprint density at radius 1 is 0.613 bits per heavy atom. The van der Waals surface area contributed by atoms with Crippen LogP contribution in [0.15, 0.2) is 109 Å². The highest BCUT2D eigenvalue weighted by Gasteiger charge is 2.10. The van der Waals surface area contributed by atoms with Gasteiger partial charge in [-0.25, -0.2) is 4.98 Å². The van der Waals surface area contributed by atoms with Crippen LogP contribution in [-0.2, 0) is 0 Å². The van der Waals surface area contributed by atoms with E-state index < -0.39 is 0 Å². The van der Waals surface area contributed by atoms with Gasteiger partial charge in [-0.2, -0.15) is 0 Å². The average molecular weight is 397 g/mol. The third kappa shape index (κ3) is 4.34. The van der Waals surface area contributed by atoms with Crippen LogP contribution >= 0.6 is 0 Å². The van der Waals surface area contributed by atoms with Crippen LogP contribution in [0.4, 0.5) is 0 Å². The van der Waals surface area contributed by atoms with Crippen LogP contribution in [0.2, 0.25) is 0 Å². The van der Waals surface area contributed by atoms with Crippen molar-refractivity contribution in [2.45, 2.75) is 0 Å². The quantitative estimate of drug-likeness (QED) is 0.400. The predicted molar refractivity (Wildman–Crippen MR) is 125 cm³/mol. The lowest BCUT2D eigenvalue weighted by molar-refractivity contribution is 1.15. The summed E-state index contributed by atoms with van der Waals surface area (Å²) in [4.78, 5) is 13.8. The Balaban J connectivity index is 1.53. The number of rotatable bonds is 3. The lowest BCUT2D eigenvalue weighted by Crippen LogP contribution is -1.94. The van der Waals surface area contributed by atoms with Crippen molar-refractivity contribution in [1.29, 1.82) is 0 Å². The molecule has 4 aromatic rings. The lowest BCUT2D eigenvalue weighted by atomic mass is 10.0. The maximum absolute atomic E-state index is 4.83. The zero-order valence-electron chi connectivity index (χ0n) is 16.8. The van der Waals surface area contributed by atoms with E-state index in [4.69, 9.17) is 4.98 Å². The molecule has 0 radical (unpaired) electrons. The molecule has 3 heteroatoms. The zero-order valence-corrected chi connectivity index (χ0v) is 16.8. The molecule has 0 saturated carbocycles. The van der Waals surface area contributed by atoms with Crippen molar-refractivity contribution in [1.82, 2.24) is 15.0 Å². The molecule has 146 valence electrons. The van der Waals surface area contributed by atoms with Crippen molar-refractivity contribution in [3.8, 4) is 45.7 Å². The summed E-state index contributed by atoms with van der Waals surface area (Å²) in [6.07, 6.45) is 11.8. The molecule has 1 aliphatic carbocycles. The first-order valence-electron chi connectivity index (χ1n) is 10.2. The van der Waals surface area contributed by atoms with Crippen molar-refractivity contribution in [3.63, 3.8) is 0 Å². The molecule has 1 aliphatic rings. The minimum Gasteiger partial charge on any atom is -0.255 e. The Bertz CT molecular complexity index is 1240. The number of hydrogen-bond acceptors (Lipinski definition) is 3. The number of aromatic nitrogens is 3. The van der Waals surface area contributed by atoms with Gasteiger partial charge in [-0.1, -0.05) is 60.4 Å². The molecule has 0 spiro atoms. The highest BCUT2D eigenvalue weighted by atomic mass is 14.8. The fourth-order valence-corrected chi connectivity index (χ4v) is 3.43. The second-order valence-corrected chi connectivity index (χ2v) is 7.20. The Morgan fingerprint density at radius 2 is 1.23 bits per heavy atom. The normalized spacial score (nSPS) is 12.5. The van der Waals surface area contributed by atoms with Crippen LogP contribution in [-0.4, -0.2) is 15.0 Å². The summed E-state index contributed by atoms with van der Waals surface area (Å²) >= 11 is 0. The van der Waals surface area contributed by atoms with Gasteiger partial charge in [0.15, 0.2) is 0 Å². The van der Waals surface area contributed by atoms with Crippen LogP contribution in [0.5, 0.6) is 0 Å². The van der Waals surface area contributed by atoms with Gasteiger partial charge in [-0.05, 0) is 59.7 Å². The van der Waals surface area contributed by atoms with Crippen LogP contribution in [0.1, 0.15) is 5.56 Å². The van der Waals surface area contributed by atoms with E-state index in [9.17, 15) is 0 Å². The molecule has 3 heterocycles. The third-order valence-corrected chi connectivity index (χ3v) is 5.03. The molecule has 5 rings (SSSR count). The van der Waals surface area contributed by atoms with E-state index in [0.717, 1.165) is 39.5 Å². The van der Waals surface area contributed by atoms with E-state index in [2.05, 4.69) is 70.4 Å². The number of nitrogens with zero attached hydrogens (tertiary/aromatic N) is 3. The first-order valence-corrected chi connectivity index (χ1v) is 10.2. The van der Waals surface area contributed by atoms with Crippen LogP contribution in [0, 0.1) is 17.8 Å². The molecule has 0 saturated heterocycles. The molecule has 1 aromatic carbocycles. The van der Waals surface area contributed by atoms with E-state index in [1.807, 2.05) is 48.6 Å². The molecule has 0 atom stereocenters. The van der Waals surface area contributed by atoms with Crippen molar-refractivity contribution in [2.75, 3.05) is 0 Å². The molecule has 3 nitrogen and oxygen atoms in total. The number of benzene rings is 1. The molecule has 0 N–H and O–H groups in total. The largest absolute Gasteiger partial charge is 0.255 e. The average Bonchev–Trinajstić information content (AvgIpc) is 3.38. The summed E-state index contributed by atoms with van der Waals surface area (Å²) in [7, 11) is 0. The number of hydrogen-bond donors (Lipinski definition) is 0. The van der Waals surface area contributed by atoms with Crippen molar-refractivity contribution in [3.05, 3.63) is 115 Å². The van der Waals surface area contributed by atoms with Crippen LogP contribution in [0.3, 0.4) is 0 Å². The SMILES string of the molecule is C(#CC1C=CC=C1)c1ccc(-c2cc(-c3ccccn3)nc(-c3ccccn3)c2)cc1. The van der Waals surface area contributed by atoms with Crippen LogP contribution in [0.25, 0.3) is 33.9 Å². The van der Waals surface area contributed by atoms with E-state index in [0.29, 0.717) is 0 Å². The number of allylic oxidation sites excluding steroid dienone is 4. The van der Waals surface area contributed by atoms with Crippen molar-refractivity contribution >= 4 is 0 Å². The molecule has 0 fully saturated rings. The Kier molecular flexibility index (Phi) is 5.20. The number of pyridine rings is 3. The van der Waals surface area contributed by atoms with E-state index >= 15 is 0 Å². The second-order valence-electron chi connectivity index (χ2n) is 7.20. The maximum Gasteiger partial charge on any atom is 0.0900 e. The standard InChI is InChI=1S/C28H19N3/c1-2-8-21(7-1)11-12-22-13-15-23(16-14-22)24-19-27(25-9-3-5-17-29-25)31-28(20-24)26-10-4-6-18-30-26/h1-10,13-21H. The Labute approximate surface area is 181 Å². The summed E-state index contributed by atoms with van der Waals surface area (Å²) in [5, 5.41) is 0. The van der Waals surface area contributed by atoms with Crippen molar-refractivity contribution in [2.24, 2.45) is 5.92 Å². The van der Waals surface area contributed by atoms with Gasteiger partial charge in [0.1, 0.15) is 0 Å². The third-order valence-electron chi connectivity index (χ3n) is 5.03. The monoisotopic (exact) mass is 397 g/mol. The fraction of sp³-hybridized carbons (Fsp3) is 0.0357. The predicted octanol–water partition coefficient (Wildman–Crippen LogP) is 5.97. The Hall–Kier alpha value is -4.29. The van der Waals surface area contributed by atoms with Gasteiger partial charge in [-0.3, -0.25) is 9.97 Å². The van der Waals surface area contributed by atoms with Crippen molar-refractivity contribution < 1.29 is 0 Å². The first-order chi connectivity index (χ1) is 15.3. The topological polar surface area (TPSA) is 38.7 Å². The summed E-state index contributed by atoms with van der Waals surface area (Å²) < 4.78 is 0. The van der Waals surface area contributed by atoms with Gasteiger partial charge in [0.05, 0.1) is 28.7 Å². The van der Waals surface area contributed by atoms with Gasteiger partial charge < -0.3 is 0 Å². The smallest absolute Gasteiger partial charge is 0.0900 e.